The van der Waals surface area contributed by atoms with Crippen LogP contribution in [0.3, 0.4) is 0 Å². The van der Waals surface area contributed by atoms with E-state index in [1.807, 2.05) is 31.2 Å². The van der Waals surface area contributed by atoms with Crippen molar-refractivity contribution in [2.45, 2.75) is 18.9 Å². The van der Waals surface area contributed by atoms with Gasteiger partial charge in [0.2, 0.25) is 0 Å². The van der Waals surface area contributed by atoms with Crippen molar-refractivity contribution in [1.29, 1.82) is 0 Å². The molecule has 5 rings (SSSR count). The van der Waals surface area contributed by atoms with E-state index in [4.69, 9.17) is 9.47 Å². The summed E-state index contributed by atoms with van der Waals surface area (Å²) in [4.78, 5) is 33.2. The van der Waals surface area contributed by atoms with Gasteiger partial charge in [0.25, 0.3) is 5.91 Å². The average molecular weight is 391 g/mol. The van der Waals surface area contributed by atoms with Crippen LogP contribution in [-0.4, -0.2) is 42.6 Å². The van der Waals surface area contributed by atoms with E-state index in [2.05, 4.69) is 4.98 Å². The zero-order valence-electron chi connectivity index (χ0n) is 16.5. The molecular weight excluding hydrogens is 370 g/mol. The Bertz CT molecular complexity index is 1170. The zero-order valence-corrected chi connectivity index (χ0v) is 16.5. The number of hydrogen-bond acceptors (Lipinski definition) is 4. The lowest BCUT2D eigenvalue weighted by Crippen LogP contribution is -2.49. The van der Waals surface area contributed by atoms with E-state index in [1.165, 1.54) is 12.0 Å². The topological polar surface area (TPSA) is 74.9 Å². The summed E-state index contributed by atoms with van der Waals surface area (Å²) in [5.41, 5.74) is 2.11. The van der Waals surface area contributed by atoms with Crippen LogP contribution in [0.4, 0.5) is 10.5 Å². The molecule has 2 aromatic carbocycles. The van der Waals surface area contributed by atoms with Gasteiger partial charge in [-0.2, -0.15) is 0 Å². The van der Waals surface area contributed by atoms with E-state index < -0.39 is 5.54 Å². The van der Waals surface area contributed by atoms with Crippen LogP contribution in [0.15, 0.2) is 42.5 Å². The molecular formula is C22H21N3O4. The number of nitrogens with one attached hydrogen (secondary N) is 1. The minimum Gasteiger partial charge on any atom is -0.497 e. The number of aromatic amines is 1. The molecule has 148 valence electrons. The number of carbonyl (C=O) groups is 2. The number of imide groups is 1. The summed E-state index contributed by atoms with van der Waals surface area (Å²) in [5.74, 6) is 0.960. The van der Waals surface area contributed by atoms with Gasteiger partial charge in [-0.3, -0.25) is 4.79 Å². The highest BCUT2D eigenvalue weighted by Gasteiger charge is 2.59. The van der Waals surface area contributed by atoms with Gasteiger partial charge in [0, 0.05) is 17.4 Å². The van der Waals surface area contributed by atoms with Crippen LogP contribution in [0.5, 0.6) is 11.5 Å². The van der Waals surface area contributed by atoms with E-state index in [0.717, 1.165) is 27.9 Å². The van der Waals surface area contributed by atoms with Gasteiger partial charge in [0.15, 0.2) is 5.54 Å². The number of fused-ring (bicyclic) bond motifs is 5. The molecule has 29 heavy (non-hydrogen) atoms. The van der Waals surface area contributed by atoms with Gasteiger partial charge >= 0.3 is 6.03 Å². The molecule has 1 aromatic heterocycles. The molecule has 1 saturated heterocycles. The molecule has 0 aliphatic carbocycles. The van der Waals surface area contributed by atoms with Gasteiger partial charge in [0.05, 0.1) is 25.6 Å². The normalized spacial score (nSPS) is 20.8. The summed E-state index contributed by atoms with van der Waals surface area (Å²) in [5, 5.41) is 1.02. The highest BCUT2D eigenvalue weighted by molar-refractivity contribution is 6.24. The summed E-state index contributed by atoms with van der Waals surface area (Å²) < 4.78 is 10.8. The Labute approximate surface area is 167 Å². The number of anilines is 1. The van der Waals surface area contributed by atoms with Crippen molar-refractivity contribution in [1.82, 2.24) is 9.88 Å². The molecule has 7 heteroatoms. The van der Waals surface area contributed by atoms with Crippen molar-refractivity contribution < 1.29 is 19.1 Å². The molecule has 2 aliphatic rings. The standard InChI is InChI=1S/C22H21N3O4/c1-22-19-14(15-12-13(28-2)8-9-16(15)23-19)10-11-24(22)21(27)25(20(22)26)17-6-4-5-7-18(17)29-3/h4-9,12,23H,10-11H2,1-3H3/t22-/m0/s1. The van der Waals surface area contributed by atoms with Gasteiger partial charge in [-0.1, -0.05) is 12.1 Å². The van der Waals surface area contributed by atoms with Gasteiger partial charge in [-0.25, -0.2) is 9.69 Å². The Morgan fingerprint density at radius 3 is 2.62 bits per heavy atom. The van der Waals surface area contributed by atoms with Gasteiger partial charge in [-0.15, -0.1) is 0 Å². The van der Waals surface area contributed by atoms with Crippen molar-refractivity contribution >= 4 is 28.5 Å². The first-order valence-electron chi connectivity index (χ1n) is 9.49. The van der Waals surface area contributed by atoms with Crippen LogP contribution in [0.25, 0.3) is 10.9 Å². The lowest BCUT2D eigenvalue weighted by Gasteiger charge is -2.35. The minimum atomic E-state index is -1.10. The fourth-order valence-corrected chi connectivity index (χ4v) is 4.57. The first kappa shape index (κ1) is 17.6. The highest BCUT2D eigenvalue weighted by Crippen LogP contribution is 2.46. The summed E-state index contributed by atoms with van der Waals surface area (Å²) in [6, 6.07) is 12.5. The Balaban J connectivity index is 1.69. The molecule has 0 radical (unpaired) electrons. The Kier molecular flexibility index (Phi) is 3.65. The average Bonchev–Trinajstić information content (AvgIpc) is 3.21. The number of ether oxygens (including phenoxy) is 2. The number of nitrogens with zero attached hydrogens (tertiary/aromatic N) is 2. The Morgan fingerprint density at radius 1 is 1.07 bits per heavy atom. The van der Waals surface area contributed by atoms with E-state index >= 15 is 0 Å². The third kappa shape index (κ3) is 2.18. The van der Waals surface area contributed by atoms with Crippen LogP contribution >= 0.6 is 0 Å². The Morgan fingerprint density at radius 2 is 1.86 bits per heavy atom. The maximum atomic E-state index is 13.7. The largest absolute Gasteiger partial charge is 0.497 e. The first-order chi connectivity index (χ1) is 14.0. The zero-order chi connectivity index (χ0) is 20.3. The third-order valence-corrected chi connectivity index (χ3v) is 6.09. The van der Waals surface area contributed by atoms with Crippen molar-refractivity contribution in [2.75, 3.05) is 25.7 Å². The van der Waals surface area contributed by atoms with Crippen LogP contribution in [0.2, 0.25) is 0 Å². The number of urea groups is 1. The maximum absolute atomic E-state index is 13.7. The van der Waals surface area contributed by atoms with Crippen LogP contribution in [-0.2, 0) is 16.8 Å². The summed E-state index contributed by atoms with van der Waals surface area (Å²) in [6.45, 7) is 2.27. The summed E-state index contributed by atoms with van der Waals surface area (Å²) in [6.07, 6.45) is 0.664. The molecule has 3 aromatic rings. The smallest absolute Gasteiger partial charge is 0.332 e. The molecule has 1 atom stereocenters. The molecule has 1 N–H and O–H groups in total. The fourth-order valence-electron chi connectivity index (χ4n) is 4.57. The number of hydrogen-bond donors (Lipinski definition) is 1. The van der Waals surface area contributed by atoms with Crippen molar-refractivity contribution in [3.63, 3.8) is 0 Å². The number of H-pyrrole nitrogens is 1. The van der Waals surface area contributed by atoms with Crippen LogP contribution in [0.1, 0.15) is 18.2 Å². The van der Waals surface area contributed by atoms with E-state index in [1.54, 1.807) is 30.2 Å². The number of rotatable bonds is 3. The van der Waals surface area contributed by atoms with Gasteiger partial charge < -0.3 is 19.4 Å². The molecule has 0 saturated carbocycles. The van der Waals surface area contributed by atoms with Crippen molar-refractivity contribution in [2.24, 2.45) is 0 Å². The SMILES string of the molecule is COc1ccc2[nH]c3c(c2c1)CCN1C(=O)N(c2ccccc2OC)C(=O)[C@]31C. The van der Waals surface area contributed by atoms with Crippen molar-refractivity contribution in [3.05, 3.63) is 53.7 Å². The molecule has 0 bridgehead atoms. The van der Waals surface area contributed by atoms with Gasteiger partial charge in [0.1, 0.15) is 11.5 Å². The number of carbonyl (C=O) groups excluding carboxylic acids is 2. The summed E-state index contributed by atoms with van der Waals surface area (Å²) in [7, 11) is 3.16. The van der Waals surface area contributed by atoms with Crippen LogP contribution < -0.4 is 14.4 Å². The molecule has 0 spiro atoms. The second-order valence-corrected chi connectivity index (χ2v) is 7.46. The lowest BCUT2D eigenvalue weighted by atomic mass is 9.87. The molecule has 1 fully saturated rings. The molecule has 3 amide bonds. The number of aromatic nitrogens is 1. The fraction of sp³-hybridized carbons (Fsp3) is 0.273. The molecule has 7 nitrogen and oxygen atoms in total. The van der Waals surface area contributed by atoms with Gasteiger partial charge in [-0.05, 0) is 49.2 Å². The predicted molar refractivity (Wildman–Crippen MR) is 108 cm³/mol. The monoisotopic (exact) mass is 391 g/mol. The van der Waals surface area contributed by atoms with E-state index in [-0.39, 0.29) is 11.9 Å². The van der Waals surface area contributed by atoms with Crippen molar-refractivity contribution in [3.8, 4) is 11.5 Å². The number of para-hydroxylation sites is 2. The third-order valence-electron chi connectivity index (χ3n) is 6.09. The predicted octanol–water partition coefficient (Wildman–Crippen LogP) is 3.43. The molecule has 0 unspecified atom stereocenters. The van der Waals surface area contributed by atoms with E-state index in [9.17, 15) is 9.59 Å². The second kappa shape index (κ2) is 6.01. The molecule has 2 aliphatic heterocycles. The quantitative estimate of drug-likeness (QED) is 0.694. The minimum absolute atomic E-state index is 0.286. The summed E-state index contributed by atoms with van der Waals surface area (Å²) >= 11 is 0. The number of amides is 3. The molecule has 3 heterocycles. The first-order valence-corrected chi connectivity index (χ1v) is 9.49. The lowest BCUT2D eigenvalue weighted by molar-refractivity contribution is -0.125. The number of benzene rings is 2. The Hall–Kier alpha value is -3.48. The second-order valence-electron chi connectivity index (χ2n) is 7.46. The highest BCUT2D eigenvalue weighted by atomic mass is 16.5. The maximum Gasteiger partial charge on any atom is 0.332 e. The number of methoxy groups -OCH3 is 2. The van der Waals surface area contributed by atoms with E-state index in [0.29, 0.717) is 24.4 Å². The van der Waals surface area contributed by atoms with Crippen LogP contribution in [0, 0.1) is 0 Å².